The summed E-state index contributed by atoms with van der Waals surface area (Å²) in [5.74, 6) is 0.807. The Balaban J connectivity index is 0.00000387. The molecule has 0 aliphatic heterocycles. The first kappa shape index (κ1) is 30.5. The van der Waals surface area contributed by atoms with Crippen LogP contribution in [0.3, 0.4) is 0 Å². The third kappa shape index (κ3) is 6.23. The Kier molecular flexibility index (Phi) is 9.65. The maximum Gasteiger partial charge on any atom is 0.268 e. The van der Waals surface area contributed by atoms with Crippen molar-refractivity contribution in [1.82, 2.24) is 29.5 Å². The number of nitrogens with zero attached hydrogens (tertiary/aromatic N) is 5. The second-order valence-electron chi connectivity index (χ2n) is 9.82. The minimum absolute atomic E-state index is 0. The zero-order valence-corrected chi connectivity index (χ0v) is 25.7. The molecule has 11 heteroatoms. The number of nitrogens with one attached hydrogen (secondary N) is 1. The molecule has 3 heterocycles. The van der Waals surface area contributed by atoms with Crippen molar-refractivity contribution in [2.75, 3.05) is 20.6 Å². The van der Waals surface area contributed by atoms with E-state index in [1.807, 2.05) is 66.6 Å². The van der Waals surface area contributed by atoms with Crippen molar-refractivity contribution in [3.63, 3.8) is 0 Å². The zero-order valence-electron chi connectivity index (χ0n) is 23.3. The van der Waals surface area contributed by atoms with Crippen LogP contribution in [0.5, 0.6) is 0 Å². The van der Waals surface area contributed by atoms with Crippen LogP contribution in [0.4, 0.5) is 0 Å². The number of aryl methyl sites for hydroxylation is 2. The number of rotatable bonds is 10. The number of hydrogen-bond donors (Lipinski definition) is 1. The van der Waals surface area contributed by atoms with Crippen molar-refractivity contribution >= 4 is 57.9 Å². The van der Waals surface area contributed by atoms with Gasteiger partial charge in [0.25, 0.3) is 5.91 Å². The van der Waals surface area contributed by atoms with Gasteiger partial charge in [-0.05, 0) is 57.8 Å². The van der Waals surface area contributed by atoms with E-state index in [4.69, 9.17) is 11.6 Å². The maximum atomic E-state index is 13.6. The van der Waals surface area contributed by atoms with Crippen molar-refractivity contribution in [2.45, 2.75) is 33.4 Å². The molecule has 0 bridgehead atoms. The number of benzene rings is 2. The van der Waals surface area contributed by atoms with Gasteiger partial charge in [-0.3, -0.25) is 14.2 Å². The Morgan fingerprint density at radius 1 is 1.02 bits per heavy atom. The van der Waals surface area contributed by atoms with Gasteiger partial charge in [-0.25, -0.2) is 0 Å². The number of halogens is 2. The summed E-state index contributed by atoms with van der Waals surface area (Å²) in [5, 5.41) is 13.8. The number of likely N-dealkylation sites (N-methyl/N-ethyl adjacent to an activating group) is 1. The van der Waals surface area contributed by atoms with Gasteiger partial charge in [0.1, 0.15) is 16.5 Å². The second-order valence-corrected chi connectivity index (χ2v) is 11.3. The highest BCUT2D eigenvalue weighted by Crippen LogP contribution is 2.32. The van der Waals surface area contributed by atoms with Crippen molar-refractivity contribution in [1.29, 1.82) is 0 Å². The summed E-state index contributed by atoms with van der Waals surface area (Å²) in [6, 6.07) is 18.9. The van der Waals surface area contributed by atoms with Crippen LogP contribution < -0.4 is 5.32 Å². The molecule has 1 N–H and O–H groups in total. The first-order chi connectivity index (χ1) is 19.3. The number of aromatic nitrogens is 4. The molecule has 3 aromatic heterocycles. The molecule has 2 aromatic carbocycles. The van der Waals surface area contributed by atoms with Crippen LogP contribution in [0.15, 0.2) is 60.7 Å². The quantitative estimate of drug-likeness (QED) is 0.197. The molecule has 1 amide bonds. The standard InChI is InChI=1S/C30H31ClN6O2S.ClH/c1-5-21-17-23(28(38)22-11-7-8-12-24(22)31)30(40-21)37-19(2)33-34-27(37)18-32-29(39)26-16-20-10-6-9-13-25(20)36(26)15-14-35(3)4;/h6-13,16-17H,5,14-15,18H2,1-4H3,(H,32,39);1H. The first-order valence-electron chi connectivity index (χ1n) is 13.1. The molecule has 0 aliphatic carbocycles. The van der Waals surface area contributed by atoms with E-state index in [2.05, 4.69) is 27.3 Å². The predicted octanol–water partition coefficient (Wildman–Crippen LogP) is 5.95. The van der Waals surface area contributed by atoms with Crippen LogP contribution in [-0.2, 0) is 19.5 Å². The van der Waals surface area contributed by atoms with Gasteiger partial charge in [0, 0.05) is 34.4 Å². The van der Waals surface area contributed by atoms with E-state index < -0.39 is 0 Å². The number of amides is 1. The monoisotopic (exact) mass is 610 g/mol. The molecule has 0 fully saturated rings. The topological polar surface area (TPSA) is 85.0 Å². The highest BCUT2D eigenvalue weighted by molar-refractivity contribution is 7.15. The van der Waals surface area contributed by atoms with E-state index in [1.165, 1.54) is 11.3 Å². The fraction of sp³-hybridized carbons (Fsp3) is 0.267. The lowest BCUT2D eigenvalue weighted by Crippen LogP contribution is -2.28. The van der Waals surface area contributed by atoms with Gasteiger partial charge >= 0.3 is 0 Å². The Hall–Kier alpha value is -3.50. The average Bonchev–Trinajstić information content (AvgIpc) is 3.64. The molecule has 0 saturated heterocycles. The smallest absolute Gasteiger partial charge is 0.268 e. The third-order valence-corrected chi connectivity index (χ3v) is 8.39. The Morgan fingerprint density at radius 2 is 1.76 bits per heavy atom. The zero-order chi connectivity index (χ0) is 28.4. The predicted molar refractivity (Wildman–Crippen MR) is 167 cm³/mol. The molecule has 5 rings (SSSR count). The van der Waals surface area contributed by atoms with Crippen LogP contribution in [0, 0.1) is 6.92 Å². The second kappa shape index (κ2) is 13.0. The number of ketones is 1. The van der Waals surface area contributed by atoms with E-state index >= 15 is 0 Å². The lowest BCUT2D eigenvalue weighted by Gasteiger charge is -2.15. The van der Waals surface area contributed by atoms with Crippen LogP contribution in [0.2, 0.25) is 5.02 Å². The van der Waals surface area contributed by atoms with E-state index in [0.717, 1.165) is 28.7 Å². The number of carbonyl (C=O) groups is 2. The Morgan fingerprint density at radius 3 is 2.49 bits per heavy atom. The molecule has 0 spiro atoms. The van der Waals surface area contributed by atoms with Crippen LogP contribution in [0.25, 0.3) is 15.9 Å². The number of carbonyl (C=O) groups excluding carboxylic acids is 2. The van der Waals surface area contributed by atoms with Gasteiger partial charge in [0.05, 0.1) is 17.1 Å². The minimum Gasteiger partial charge on any atom is -0.343 e. The molecular formula is C30H32Cl2N6O2S. The SMILES string of the molecule is CCc1cc(C(=O)c2ccccc2Cl)c(-n2c(C)nnc2CNC(=O)c2cc3ccccc3n2CCN(C)C)s1.Cl. The van der Waals surface area contributed by atoms with Crippen molar-refractivity contribution in [3.8, 4) is 5.00 Å². The van der Waals surface area contributed by atoms with Gasteiger partial charge in [-0.1, -0.05) is 48.9 Å². The van der Waals surface area contributed by atoms with E-state index in [-0.39, 0.29) is 30.6 Å². The number of para-hydroxylation sites is 1. The molecule has 214 valence electrons. The molecule has 0 atom stereocenters. The van der Waals surface area contributed by atoms with E-state index in [9.17, 15) is 9.59 Å². The van der Waals surface area contributed by atoms with Crippen LogP contribution in [-0.4, -0.2) is 56.6 Å². The summed E-state index contributed by atoms with van der Waals surface area (Å²) in [6.45, 7) is 5.52. The lowest BCUT2D eigenvalue weighted by atomic mass is 10.0. The summed E-state index contributed by atoms with van der Waals surface area (Å²) in [7, 11) is 4.03. The molecule has 8 nitrogen and oxygen atoms in total. The molecule has 41 heavy (non-hydrogen) atoms. The molecule has 0 saturated carbocycles. The van der Waals surface area contributed by atoms with Crippen LogP contribution in [0.1, 0.15) is 49.9 Å². The molecule has 5 aromatic rings. The van der Waals surface area contributed by atoms with E-state index in [1.54, 1.807) is 24.3 Å². The normalized spacial score (nSPS) is 11.2. The van der Waals surface area contributed by atoms with Gasteiger partial charge in [-0.15, -0.1) is 33.9 Å². The third-order valence-electron chi connectivity index (χ3n) is 6.79. The Labute approximate surface area is 254 Å². The number of hydrogen-bond acceptors (Lipinski definition) is 6. The van der Waals surface area contributed by atoms with Crippen molar-refractivity contribution in [2.24, 2.45) is 0 Å². The maximum absolute atomic E-state index is 13.6. The van der Waals surface area contributed by atoms with E-state index in [0.29, 0.717) is 45.0 Å². The molecular weight excluding hydrogens is 579 g/mol. The number of thiophene rings is 1. The minimum atomic E-state index is -0.199. The summed E-state index contributed by atoms with van der Waals surface area (Å²) >= 11 is 7.89. The summed E-state index contributed by atoms with van der Waals surface area (Å²) in [6.07, 6.45) is 0.776. The fourth-order valence-electron chi connectivity index (χ4n) is 4.70. The van der Waals surface area contributed by atoms with Crippen molar-refractivity contribution in [3.05, 3.63) is 99.0 Å². The molecule has 0 unspecified atom stereocenters. The first-order valence-corrected chi connectivity index (χ1v) is 14.3. The fourth-order valence-corrected chi connectivity index (χ4v) is 6.08. The van der Waals surface area contributed by atoms with Crippen molar-refractivity contribution < 1.29 is 9.59 Å². The highest BCUT2D eigenvalue weighted by atomic mass is 35.5. The molecule has 0 aliphatic rings. The van der Waals surface area contributed by atoms with Gasteiger partial charge < -0.3 is 14.8 Å². The summed E-state index contributed by atoms with van der Waals surface area (Å²) < 4.78 is 3.91. The average molecular weight is 612 g/mol. The summed E-state index contributed by atoms with van der Waals surface area (Å²) in [5.41, 5.74) is 2.58. The summed E-state index contributed by atoms with van der Waals surface area (Å²) in [4.78, 5) is 30.2. The van der Waals surface area contributed by atoms with Crippen LogP contribution >= 0.6 is 35.3 Å². The van der Waals surface area contributed by atoms with Gasteiger partial charge in [-0.2, -0.15) is 0 Å². The lowest BCUT2D eigenvalue weighted by molar-refractivity contribution is 0.0939. The van der Waals surface area contributed by atoms with Gasteiger partial charge in [0.2, 0.25) is 0 Å². The number of fused-ring (bicyclic) bond motifs is 1. The highest BCUT2D eigenvalue weighted by Gasteiger charge is 2.24. The van der Waals surface area contributed by atoms with Gasteiger partial charge in [0.15, 0.2) is 11.6 Å². The Bertz CT molecular complexity index is 1700. The molecule has 0 radical (unpaired) electrons. The largest absolute Gasteiger partial charge is 0.343 e.